The van der Waals surface area contributed by atoms with Crippen LogP contribution in [0.2, 0.25) is 5.02 Å². The van der Waals surface area contributed by atoms with Crippen LogP contribution in [0, 0.1) is 0 Å². The zero-order chi connectivity index (χ0) is 20.1. The largest absolute Gasteiger partial charge is 0.452 e. The summed E-state index contributed by atoms with van der Waals surface area (Å²) < 4.78 is 4.95. The topological polar surface area (TPSA) is 98.5 Å². The smallest absolute Gasteiger partial charge is 0.331 e. The van der Waals surface area contributed by atoms with Crippen molar-refractivity contribution in [2.75, 3.05) is 11.9 Å². The number of carbonyl (C=O) groups excluding carboxylic acids is 3. The van der Waals surface area contributed by atoms with Gasteiger partial charge in [-0.05, 0) is 55.0 Å². The standard InChI is InChI=1S/C20H19ClN2O4S/c21-13-8-5-12(6-9-13)7-10-17(25)27-11-16(24)23-20-18(19(22)26)14-3-1-2-4-15(14)28-20/h5-10H,1-4,11H2,(H2,22,26)(H,23,24)/b10-7+. The van der Waals surface area contributed by atoms with Crippen LogP contribution in [0.1, 0.15) is 39.2 Å². The summed E-state index contributed by atoms with van der Waals surface area (Å²) in [6.45, 7) is -0.454. The lowest BCUT2D eigenvalue weighted by molar-refractivity contribution is -0.142. The van der Waals surface area contributed by atoms with Crippen LogP contribution >= 0.6 is 22.9 Å². The SMILES string of the molecule is NC(=O)c1c(NC(=O)COC(=O)/C=C/c2ccc(Cl)cc2)sc2c1CCCC2. The van der Waals surface area contributed by atoms with E-state index in [4.69, 9.17) is 22.1 Å². The normalized spacial score (nSPS) is 13.2. The zero-order valence-electron chi connectivity index (χ0n) is 15.0. The predicted molar refractivity (Wildman–Crippen MR) is 110 cm³/mol. The molecular weight excluding hydrogens is 400 g/mol. The molecule has 0 bridgehead atoms. The number of hydrogen-bond donors (Lipinski definition) is 2. The van der Waals surface area contributed by atoms with Crippen LogP contribution in [0.5, 0.6) is 0 Å². The van der Waals surface area contributed by atoms with Crippen LogP contribution in [0.3, 0.4) is 0 Å². The number of carbonyl (C=O) groups is 3. The van der Waals surface area contributed by atoms with E-state index >= 15 is 0 Å². The minimum atomic E-state index is -0.648. The maximum atomic E-state index is 12.1. The van der Waals surface area contributed by atoms with E-state index < -0.39 is 24.4 Å². The van der Waals surface area contributed by atoms with Crippen molar-refractivity contribution in [1.29, 1.82) is 0 Å². The van der Waals surface area contributed by atoms with Crippen molar-refractivity contribution in [3.8, 4) is 0 Å². The van der Waals surface area contributed by atoms with Gasteiger partial charge < -0.3 is 15.8 Å². The summed E-state index contributed by atoms with van der Waals surface area (Å²) in [6.07, 6.45) is 6.50. The Balaban J connectivity index is 1.57. The van der Waals surface area contributed by atoms with Gasteiger partial charge in [0.05, 0.1) is 5.56 Å². The fourth-order valence-corrected chi connectivity index (χ4v) is 4.44. The summed E-state index contributed by atoms with van der Waals surface area (Å²) in [5, 5.41) is 3.67. The maximum Gasteiger partial charge on any atom is 0.331 e. The van der Waals surface area contributed by atoms with E-state index in [-0.39, 0.29) is 0 Å². The fourth-order valence-electron chi connectivity index (χ4n) is 3.00. The minimum absolute atomic E-state index is 0.377. The Morgan fingerprint density at radius 3 is 2.61 bits per heavy atom. The van der Waals surface area contributed by atoms with Gasteiger partial charge in [-0.15, -0.1) is 11.3 Å². The molecule has 0 radical (unpaired) electrons. The van der Waals surface area contributed by atoms with Crippen LogP contribution in [0.4, 0.5) is 5.00 Å². The zero-order valence-corrected chi connectivity index (χ0v) is 16.6. The van der Waals surface area contributed by atoms with Crippen LogP contribution in [0.15, 0.2) is 30.3 Å². The average molecular weight is 419 g/mol. The monoisotopic (exact) mass is 418 g/mol. The Hall–Kier alpha value is -2.64. The number of nitrogens with two attached hydrogens (primary N) is 1. The number of nitrogens with one attached hydrogen (secondary N) is 1. The number of ether oxygens (including phenoxy) is 1. The molecule has 0 spiro atoms. The second-order valence-electron chi connectivity index (χ2n) is 6.32. The van der Waals surface area contributed by atoms with Gasteiger partial charge in [0.25, 0.3) is 11.8 Å². The van der Waals surface area contributed by atoms with E-state index in [1.165, 1.54) is 17.4 Å². The van der Waals surface area contributed by atoms with Crippen molar-refractivity contribution in [2.24, 2.45) is 5.73 Å². The molecule has 1 aliphatic carbocycles. The second-order valence-corrected chi connectivity index (χ2v) is 7.86. The average Bonchev–Trinajstić information content (AvgIpc) is 3.03. The summed E-state index contributed by atoms with van der Waals surface area (Å²) in [5.74, 6) is -1.72. The number of esters is 1. The number of aryl methyl sites for hydroxylation is 1. The molecule has 0 atom stereocenters. The highest BCUT2D eigenvalue weighted by atomic mass is 35.5. The van der Waals surface area contributed by atoms with Crippen molar-refractivity contribution in [2.45, 2.75) is 25.7 Å². The number of fused-ring (bicyclic) bond motifs is 1. The van der Waals surface area contributed by atoms with Gasteiger partial charge in [-0.3, -0.25) is 9.59 Å². The van der Waals surface area contributed by atoms with Crippen molar-refractivity contribution in [3.63, 3.8) is 0 Å². The Bertz CT molecular complexity index is 934. The summed E-state index contributed by atoms with van der Waals surface area (Å²) in [4.78, 5) is 36.8. The van der Waals surface area contributed by atoms with E-state index in [1.807, 2.05) is 0 Å². The number of primary amides is 1. The van der Waals surface area contributed by atoms with Crippen molar-refractivity contribution < 1.29 is 19.1 Å². The first-order chi connectivity index (χ1) is 13.4. The molecule has 0 fully saturated rings. The Kier molecular flexibility index (Phi) is 6.49. The molecule has 2 amide bonds. The minimum Gasteiger partial charge on any atom is -0.452 e. The predicted octanol–water partition coefficient (Wildman–Crippen LogP) is 3.57. The third-order valence-corrected chi connectivity index (χ3v) is 5.76. The highest BCUT2D eigenvalue weighted by Crippen LogP contribution is 2.37. The third-order valence-electron chi connectivity index (χ3n) is 4.30. The van der Waals surface area contributed by atoms with Crippen LogP contribution in [0.25, 0.3) is 6.08 Å². The number of thiophene rings is 1. The summed E-state index contributed by atoms with van der Waals surface area (Å²) >= 11 is 7.16. The van der Waals surface area contributed by atoms with Gasteiger partial charge in [-0.1, -0.05) is 23.7 Å². The van der Waals surface area contributed by atoms with E-state index in [0.717, 1.165) is 41.7 Å². The molecule has 0 saturated heterocycles. The van der Waals surface area contributed by atoms with E-state index in [2.05, 4.69) is 5.32 Å². The van der Waals surface area contributed by atoms with Gasteiger partial charge in [-0.25, -0.2) is 4.79 Å². The van der Waals surface area contributed by atoms with Crippen molar-refractivity contribution in [1.82, 2.24) is 0 Å². The number of rotatable bonds is 6. The number of amides is 2. The molecule has 0 unspecified atom stereocenters. The van der Waals surface area contributed by atoms with Crippen LogP contribution < -0.4 is 11.1 Å². The van der Waals surface area contributed by atoms with Gasteiger partial charge in [0.1, 0.15) is 5.00 Å². The molecular formula is C20H19ClN2O4S. The first-order valence-corrected chi connectivity index (χ1v) is 9.98. The molecule has 3 rings (SSSR count). The number of hydrogen-bond acceptors (Lipinski definition) is 5. The van der Waals surface area contributed by atoms with Crippen molar-refractivity contribution >= 4 is 51.8 Å². The molecule has 28 heavy (non-hydrogen) atoms. The lowest BCUT2D eigenvalue weighted by atomic mass is 9.95. The Morgan fingerprint density at radius 2 is 1.89 bits per heavy atom. The van der Waals surface area contributed by atoms with Crippen molar-refractivity contribution in [3.05, 3.63) is 56.9 Å². The summed E-state index contributed by atoms with van der Waals surface area (Å²) in [6, 6.07) is 6.92. The van der Waals surface area contributed by atoms with E-state index in [9.17, 15) is 14.4 Å². The van der Waals surface area contributed by atoms with Crippen LogP contribution in [-0.2, 0) is 27.2 Å². The number of halogens is 1. The Morgan fingerprint density at radius 1 is 1.18 bits per heavy atom. The first-order valence-electron chi connectivity index (χ1n) is 8.78. The first kappa shape index (κ1) is 20.1. The van der Waals surface area contributed by atoms with E-state index in [0.29, 0.717) is 15.6 Å². The van der Waals surface area contributed by atoms with Gasteiger partial charge in [0.2, 0.25) is 0 Å². The molecule has 8 heteroatoms. The molecule has 3 N–H and O–H groups in total. The molecule has 1 aromatic carbocycles. The maximum absolute atomic E-state index is 12.1. The Labute approximate surface area is 171 Å². The third kappa shape index (κ3) is 4.99. The quantitative estimate of drug-likeness (QED) is 0.553. The fraction of sp³-hybridized carbons (Fsp3) is 0.250. The van der Waals surface area contributed by atoms with Gasteiger partial charge >= 0.3 is 5.97 Å². The van der Waals surface area contributed by atoms with Gasteiger partial charge in [0, 0.05) is 16.0 Å². The second kappa shape index (κ2) is 9.03. The summed E-state index contributed by atoms with van der Waals surface area (Å²) in [7, 11) is 0. The highest BCUT2D eigenvalue weighted by molar-refractivity contribution is 7.17. The molecule has 6 nitrogen and oxygen atoms in total. The van der Waals surface area contributed by atoms with Crippen LogP contribution in [-0.4, -0.2) is 24.4 Å². The number of anilines is 1. The number of benzene rings is 1. The van der Waals surface area contributed by atoms with E-state index in [1.54, 1.807) is 30.3 Å². The highest BCUT2D eigenvalue weighted by Gasteiger charge is 2.25. The summed E-state index contributed by atoms with van der Waals surface area (Å²) in [5.41, 5.74) is 7.59. The molecule has 1 heterocycles. The van der Waals surface area contributed by atoms with Gasteiger partial charge in [-0.2, -0.15) is 0 Å². The van der Waals surface area contributed by atoms with Gasteiger partial charge in [0.15, 0.2) is 6.61 Å². The lowest BCUT2D eigenvalue weighted by Gasteiger charge is -2.11. The molecule has 2 aromatic rings. The molecule has 146 valence electrons. The molecule has 1 aliphatic rings. The lowest BCUT2D eigenvalue weighted by Crippen LogP contribution is -2.22. The molecule has 0 aliphatic heterocycles. The molecule has 1 aromatic heterocycles. The molecule has 0 saturated carbocycles.